The van der Waals surface area contributed by atoms with Crippen molar-refractivity contribution in [3.63, 3.8) is 0 Å². The molecule has 0 fully saturated rings. The van der Waals surface area contributed by atoms with E-state index in [1.54, 1.807) is 4.68 Å². The number of aromatic nitrogens is 2. The molecule has 0 bridgehead atoms. The molecule has 0 aliphatic rings. The van der Waals surface area contributed by atoms with Gasteiger partial charge >= 0.3 is 0 Å². The molecule has 0 unspecified atom stereocenters. The Labute approximate surface area is 111 Å². The van der Waals surface area contributed by atoms with E-state index in [-0.39, 0.29) is 40.1 Å². The smallest absolute Gasteiger partial charge is 0.0742 e. The molecule has 1 rings (SSSR count). The van der Waals surface area contributed by atoms with Gasteiger partial charge in [-0.3, -0.25) is 9.82 Å². The van der Waals surface area contributed by atoms with Gasteiger partial charge in [-0.15, -0.1) is 0 Å². The van der Waals surface area contributed by atoms with Crippen LogP contribution in [-0.2, 0) is 39.8 Å². The van der Waals surface area contributed by atoms with E-state index < -0.39 is 0 Å². The minimum atomic E-state index is 0. The van der Waals surface area contributed by atoms with Crippen molar-refractivity contribution in [1.29, 1.82) is 0 Å². The Morgan fingerprint density at radius 1 is 1.46 bits per heavy atom. The summed E-state index contributed by atoms with van der Waals surface area (Å²) in [6.07, 6.45) is 1.90. The van der Waals surface area contributed by atoms with Gasteiger partial charge in [0.1, 0.15) is 0 Å². The molecule has 1 heterocycles. The van der Waals surface area contributed by atoms with Crippen LogP contribution < -0.4 is 5.14 Å². The van der Waals surface area contributed by atoms with Crippen LogP contribution in [0.3, 0.4) is 0 Å². The minimum absolute atomic E-state index is 0. The van der Waals surface area contributed by atoms with E-state index in [1.807, 2.05) is 34.0 Å². The molecule has 0 spiro atoms. The third-order valence-electron chi connectivity index (χ3n) is 1.10. The Bertz CT molecular complexity index is 213. The Morgan fingerprint density at radius 2 is 1.92 bits per heavy atom. The largest absolute Gasteiger partial charge is 0.358 e. The topological polar surface area (TPSA) is 43.8 Å². The van der Waals surface area contributed by atoms with Crippen LogP contribution in [0, 0.1) is 14.4 Å². The molecule has 0 atom stereocenters. The summed E-state index contributed by atoms with van der Waals surface area (Å²) in [6.45, 7) is 5.94. The zero-order chi connectivity index (χ0) is 8.85. The zero-order valence-electron chi connectivity index (χ0n) is 9.03. The molecule has 0 aromatic carbocycles. The van der Waals surface area contributed by atoms with Gasteiger partial charge < -0.3 is 7.43 Å². The first kappa shape index (κ1) is 19.2. The summed E-state index contributed by atoms with van der Waals surface area (Å²) in [5.74, 6) is 0. The van der Waals surface area contributed by atoms with Gasteiger partial charge in [-0.2, -0.15) is 5.10 Å². The average molecular weight is 277 g/mol. The molecule has 5 heteroatoms. The normalized spacial score (nSPS) is 7.46. The van der Waals surface area contributed by atoms with E-state index in [4.69, 9.17) is 5.14 Å². The Morgan fingerprint density at radius 3 is 2.08 bits per heavy atom. The van der Waals surface area contributed by atoms with Gasteiger partial charge in [0.25, 0.3) is 0 Å². The van der Waals surface area contributed by atoms with Gasteiger partial charge in [-0.05, 0) is 18.9 Å². The van der Waals surface area contributed by atoms with Crippen LogP contribution in [-0.4, -0.2) is 9.78 Å². The number of hydrogen-bond donors (Lipinski definition) is 1. The minimum Gasteiger partial charge on any atom is -0.358 e. The van der Waals surface area contributed by atoms with E-state index in [0.29, 0.717) is 0 Å². The molecule has 0 aliphatic heterocycles. The molecule has 1 aromatic rings. The third-order valence-corrected chi connectivity index (χ3v) is 1.75. The molecular weight excluding hydrogens is 259 g/mol. The van der Waals surface area contributed by atoms with Crippen molar-refractivity contribution in [2.24, 2.45) is 12.2 Å². The van der Waals surface area contributed by atoms with Crippen molar-refractivity contribution in [2.75, 3.05) is 0 Å². The van der Waals surface area contributed by atoms with E-state index in [0.717, 1.165) is 10.6 Å². The summed E-state index contributed by atoms with van der Waals surface area (Å²) < 4.78 is 1.75. The number of hydrogen-bond acceptors (Lipinski definition) is 3. The summed E-state index contributed by atoms with van der Waals surface area (Å²) in [5, 5.41) is 9.43. The van der Waals surface area contributed by atoms with Gasteiger partial charge in [-0.1, -0.05) is 13.8 Å². The van der Waals surface area contributed by atoms with Crippen molar-refractivity contribution >= 4 is 11.9 Å². The second-order valence-electron chi connectivity index (χ2n) is 1.87. The van der Waals surface area contributed by atoms with Gasteiger partial charge in [-0.25, -0.2) is 0 Å². The standard InChI is InChI=1S/C5H9N3S.C2H6.CH3.Y/c1-4-5(9-6)3-8(2)7-4;1-2;;/h3H,6H2,1-2H3;1-2H3;1H3;/q;;-1;. The van der Waals surface area contributed by atoms with Crippen LogP contribution in [0.25, 0.3) is 0 Å². The number of nitrogens with zero attached hydrogens (tertiary/aromatic N) is 2. The maximum absolute atomic E-state index is 5.33. The Kier molecular flexibility index (Phi) is 15.8. The van der Waals surface area contributed by atoms with Gasteiger partial charge in [0.05, 0.1) is 10.6 Å². The molecule has 1 aromatic heterocycles. The van der Waals surface area contributed by atoms with Crippen LogP contribution in [0.2, 0.25) is 0 Å². The summed E-state index contributed by atoms with van der Waals surface area (Å²) in [6, 6.07) is 0. The van der Waals surface area contributed by atoms with Crippen molar-refractivity contribution in [3.05, 3.63) is 19.3 Å². The van der Waals surface area contributed by atoms with Crippen LogP contribution in [0.4, 0.5) is 0 Å². The second kappa shape index (κ2) is 10.7. The molecule has 75 valence electrons. The predicted octanol–water partition coefficient (Wildman–Crippen LogP) is 2.17. The molecule has 0 aliphatic carbocycles. The van der Waals surface area contributed by atoms with Crippen molar-refractivity contribution in [2.45, 2.75) is 25.7 Å². The quantitative estimate of drug-likeness (QED) is 0.632. The third kappa shape index (κ3) is 6.66. The summed E-state index contributed by atoms with van der Waals surface area (Å²) in [4.78, 5) is 1.04. The molecule has 0 amide bonds. The zero-order valence-corrected chi connectivity index (χ0v) is 12.7. The van der Waals surface area contributed by atoms with E-state index in [2.05, 4.69) is 5.10 Å². The second-order valence-corrected chi connectivity index (χ2v) is 2.55. The fourth-order valence-corrected chi connectivity index (χ4v) is 1.12. The molecule has 3 nitrogen and oxygen atoms in total. The first-order valence-electron chi connectivity index (χ1n) is 3.61. The average Bonchev–Trinajstić information content (AvgIpc) is 2.33. The SMILES string of the molecule is CC.Cc1nn(C)cc1SN.[CH3-].[Y]. The van der Waals surface area contributed by atoms with Gasteiger partial charge in [0.15, 0.2) is 0 Å². The summed E-state index contributed by atoms with van der Waals surface area (Å²) in [7, 11) is 1.88. The van der Waals surface area contributed by atoms with Crippen LogP contribution in [0.1, 0.15) is 19.5 Å². The number of rotatable bonds is 1. The molecule has 2 N–H and O–H groups in total. The van der Waals surface area contributed by atoms with E-state index >= 15 is 0 Å². The van der Waals surface area contributed by atoms with Gasteiger partial charge in [0, 0.05) is 46.0 Å². The molecule has 0 saturated carbocycles. The van der Waals surface area contributed by atoms with E-state index in [1.165, 1.54) is 11.9 Å². The van der Waals surface area contributed by atoms with Crippen molar-refractivity contribution in [1.82, 2.24) is 9.78 Å². The van der Waals surface area contributed by atoms with Crippen molar-refractivity contribution < 1.29 is 32.7 Å². The summed E-state index contributed by atoms with van der Waals surface area (Å²) >= 11 is 1.23. The first-order chi connectivity index (χ1) is 5.24. The van der Waals surface area contributed by atoms with Crippen LogP contribution in [0.5, 0.6) is 0 Å². The Hall–Kier alpha value is 0.624. The van der Waals surface area contributed by atoms with Crippen molar-refractivity contribution in [3.8, 4) is 0 Å². The number of aryl methyl sites for hydroxylation is 2. The molecule has 13 heavy (non-hydrogen) atoms. The number of nitrogens with two attached hydrogens (primary N) is 1. The monoisotopic (exact) mass is 277 g/mol. The van der Waals surface area contributed by atoms with Crippen LogP contribution >= 0.6 is 11.9 Å². The maximum Gasteiger partial charge on any atom is 0.0742 e. The Balaban J connectivity index is -0.000000234. The fourth-order valence-electron chi connectivity index (χ4n) is 0.694. The maximum atomic E-state index is 5.33. The predicted molar refractivity (Wildman–Crippen MR) is 55.8 cm³/mol. The van der Waals surface area contributed by atoms with Gasteiger partial charge in [0.2, 0.25) is 0 Å². The fraction of sp³-hybridized carbons (Fsp3) is 0.500. The molecular formula is C8H18N3SY-. The molecule has 1 radical (unpaired) electrons. The first-order valence-corrected chi connectivity index (χ1v) is 4.49. The molecule has 0 saturated heterocycles. The van der Waals surface area contributed by atoms with E-state index in [9.17, 15) is 0 Å². The summed E-state index contributed by atoms with van der Waals surface area (Å²) in [5.41, 5.74) is 0.991. The van der Waals surface area contributed by atoms with Crippen LogP contribution in [0.15, 0.2) is 11.1 Å².